The summed E-state index contributed by atoms with van der Waals surface area (Å²) in [6.45, 7) is 17.1. The molecule has 0 amide bonds. The van der Waals surface area contributed by atoms with Crippen molar-refractivity contribution in [1.29, 1.82) is 0 Å². The van der Waals surface area contributed by atoms with Crippen LogP contribution in [0.5, 0.6) is 0 Å². The first-order chi connectivity index (χ1) is 17.1. The van der Waals surface area contributed by atoms with Crippen molar-refractivity contribution in [2.45, 2.75) is 110 Å². The Kier molecular flexibility index (Phi) is 8.36. The third-order valence-corrected chi connectivity index (χ3v) is 10.4. The number of aliphatic hydroxyl groups excluding tert-OH is 2. The number of carbonyl (C=O) groups is 1. The van der Waals surface area contributed by atoms with Crippen molar-refractivity contribution < 1.29 is 19.7 Å². The van der Waals surface area contributed by atoms with Gasteiger partial charge < -0.3 is 14.9 Å². The maximum Gasteiger partial charge on any atom is 0.334 e. The number of aliphatic hydroxyl groups is 2. The average Bonchev–Trinajstić information content (AvgIpc) is 3.33. The van der Waals surface area contributed by atoms with Crippen LogP contribution in [0.1, 0.15) is 91.9 Å². The summed E-state index contributed by atoms with van der Waals surface area (Å²) in [6.07, 6.45) is 13.9. The lowest BCUT2D eigenvalue weighted by Gasteiger charge is -2.45. The molecule has 4 rings (SSSR count). The summed E-state index contributed by atoms with van der Waals surface area (Å²) in [6, 6.07) is 0. The van der Waals surface area contributed by atoms with Crippen LogP contribution in [-0.2, 0) is 9.53 Å². The summed E-state index contributed by atoms with van der Waals surface area (Å²) in [4.78, 5) is 12.3. The van der Waals surface area contributed by atoms with Crippen molar-refractivity contribution in [3.8, 4) is 0 Å². The Morgan fingerprint density at radius 2 is 1.94 bits per heavy atom. The highest BCUT2D eigenvalue weighted by molar-refractivity contribution is 5.90. The lowest BCUT2D eigenvalue weighted by atomic mass is 9.60. The van der Waals surface area contributed by atoms with E-state index >= 15 is 0 Å². The van der Waals surface area contributed by atoms with Crippen LogP contribution in [-0.4, -0.2) is 34.5 Å². The third-order valence-electron chi connectivity index (χ3n) is 10.4. The minimum absolute atomic E-state index is 0.0184. The summed E-state index contributed by atoms with van der Waals surface area (Å²) >= 11 is 0. The van der Waals surface area contributed by atoms with Gasteiger partial charge in [-0.3, -0.25) is 0 Å². The summed E-state index contributed by atoms with van der Waals surface area (Å²) in [5.74, 6) is 1.50. The fourth-order valence-corrected chi connectivity index (χ4v) is 8.06. The molecule has 36 heavy (non-hydrogen) atoms. The van der Waals surface area contributed by atoms with Crippen LogP contribution < -0.4 is 0 Å². The maximum absolute atomic E-state index is 12.3. The quantitative estimate of drug-likeness (QED) is 0.304. The van der Waals surface area contributed by atoms with Gasteiger partial charge in [-0.15, -0.1) is 0 Å². The number of allylic oxidation sites excluding steroid dienone is 3. The molecular formula is C32H48O4. The molecule has 200 valence electrons. The summed E-state index contributed by atoms with van der Waals surface area (Å²) in [5.41, 5.74) is 4.20. The van der Waals surface area contributed by atoms with Crippen molar-refractivity contribution >= 4 is 5.97 Å². The van der Waals surface area contributed by atoms with Crippen LogP contribution in [0.15, 0.2) is 47.6 Å². The Morgan fingerprint density at radius 1 is 1.19 bits per heavy atom. The number of cyclic esters (lactones) is 1. The monoisotopic (exact) mass is 496 g/mol. The van der Waals surface area contributed by atoms with Gasteiger partial charge in [0.05, 0.1) is 12.2 Å². The van der Waals surface area contributed by atoms with Crippen LogP contribution in [0.2, 0.25) is 0 Å². The van der Waals surface area contributed by atoms with E-state index in [2.05, 4.69) is 46.1 Å². The highest BCUT2D eigenvalue weighted by atomic mass is 16.6. The molecule has 4 heteroatoms. The van der Waals surface area contributed by atoms with E-state index in [1.165, 1.54) is 31.3 Å². The number of rotatable bonds is 7. The molecule has 0 radical (unpaired) electrons. The second kappa shape index (κ2) is 11.0. The van der Waals surface area contributed by atoms with E-state index in [4.69, 9.17) is 4.74 Å². The second-order valence-corrected chi connectivity index (χ2v) is 12.6. The highest BCUT2D eigenvalue weighted by Crippen LogP contribution is 2.60. The van der Waals surface area contributed by atoms with Crippen molar-refractivity contribution in [2.75, 3.05) is 0 Å². The zero-order valence-electron chi connectivity index (χ0n) is 23.0. The zero-order valence-corrected chi connectivity index (χ0v) is 23.0. The van der Waals surface area contributed by atoms with E-state index in [1.807, 2.05) is 6.92 Å². The normalized spacial score (nSPS) is 42.2. The highest BCUT2D eigenvalue weighted by Gasteiger charge is 2.51. The van der Waals surface area contributed by atoms with Crippen LogP contribution in [0.25, 0.3) is 0 Å². The van der Waals surface area contributed by atoms with Crippen LogP contribution in [0.3, 0.4) is 0 Å². The molecule has 0 aromatic carbocycles. The molecule has 0 aromatic rings. The Morgan fingerprint density at radius 3 is 2.67 bits per heavy atom. The number of esters is 1. The maximum atomic E-state index is 12.3. The molecule has 4 nitrogen and oxygen atoms in total. The molecule has 1 aliphatic heterocycles. The van der Waals surface area contributed by atoms with E-state index in [1.54, 1.807) is 0 Å². The standard InChI is InChI=1S/C32H48O4/c1-7-8-11-25-21(4)31(35)36-29(25)17-19(2)26-14-15-27-23(10-9-16-32(26,27)6)12-13-24-18-28(33)22(5)30(34)20(24)3/h12-13,19,22,25-30,33-34H,3-4,7-11,14-18H2,1-2,5-6H3/t19-,22+,25-,26-,27+,28-,29+,30-,32-/m1/s1. The lowest BCUT2D eigenvalue weighted by Crippen LogP contribution is -2.37. The first kappa shape index (κ1) is 27.4. The van der Waals surface area contributed by atoms with E-state index in [0.717, 1.165) is 43.3 Å². The van der Waals surface area contributed by atoms with Crippen molar-refractivity contribution in [1.82, 2.24) is 0 Å². The third kappa shape index (κ3) is 5.05. The Bertz CT molecular complexity index is 928. The van der Waals surface area contributed by atoms with Gasteiger partial charge in [0.2, 0.25) is 0 Å². The van der Waals surface area contributed by atoms with E-state index < -0.39 is 12.2 Å². The van der Waals surface area contributed by atoms with Gasteiger partial charge >= 0.3 is 5.97 Å². The predicted octanol–water partition coefficient (Wildman–Crippen LogP) is 6.69. The Balaban J connectivity index is 1.47. The van der Waals surface area contributed by atoms with Crippen LogP contribution >= 0.6 is 0 Å². The minimum atomic E-state index is -0.673. The van der Waals surface area contributed by atoms with Crippen molar-refractivity contribution in [3.05, 3.63) is 47.6 Å². The Hall–Kier alpha value is -1.65. The number of hydrogen-bond donors (Lipinski definition) is 2. The fraction of sp³-hybridized carbons (Fsp3) is 0.719. The summed E-state index contributed by atoms with van der Waals surface area (Å²) in [5, 5.41) is 20.8. The average molecular weight is 497 g/mol. The molecule has 0 aromatic heterocycles. The van der Waals surface area contributed by atoms with E-state index in [9.17, 15) is 15.0 Å². The molecule has 3 aliphatic carbocycles. The number of unbranched alkanes of at least 4 members (excludes halogenated alkanes) is 1. The van der Waals surface area contributed by atoms with E-state index in [0.29, 0.717) is 29.7 Å². The van der Waals surface area contributed by atoms with Gasteiger partial charge in [-0.05, 0) is 85.7 Å². The number of carbonyl (C=O) groups excluding carboxylic acids is 1. The van der Waals surface area contributed by atoms with Gasteiger partial charge in [-0.2, -0.15) is 0 Å². The molecule has 2 N–H and O–H groups in total. The molecule has 9 atom stereocenters. The molecule has 4 fully saturated rings. The van der Waals surface area contributed by atoms with Gasteiger partial charge in [-0.25, -0.2) is 4.79 Å². The SMILES string of the molecule is C=C1C(=CC=C2CCC[C@]3(C)[C@@H]([C@H](C)C[C@@H]4OC(=O)C(=C)[C@H]4CCCC)CC[C@@H]23)C[C@@H](O)[C@H](C)[C@@H]1O. The molecule has 0 unspecified atom stereocenters. The van der Waals surface area contributed by atoms with Gasteiger partial charge in [-0.1, -0.05) is 71.4 Å². The molecule has 1 heterocycles. The first-order valence-electron chi connectivity index (χ1n) is 14.4. The van der Waals surface area contributed by atoms with Gasteiger partial charge in [0, 0.05) is 17.4 Å². The van der Waals surface area contributed by atoms with Crippen molar-refractivity contribution in [3.63, 3.8) is 0 Å². The van der Waals surface area contributed by atoms with Gasteiger partial charge in [0.15, 0.2) is 0 Å². The summed E-state index contributed by atoms with van der Waals surface area (Å²) < 4.78 is 5.84. The second-order valence-electron chi connectivity index (χ2n) is 12.6. The predicted molar refractivity (Wildman–Crippen MR) is 145 cm³/mol. The minimum Gasteiger partial charge on any atom is -0.458 e. The zero-order chi connectivity index (χ0) is 26.2. The number of ether oxygens (including phenoxy) is 1. The molecular weight excluding hydrogens is 448 g/mol. The van der Waals surface area contributed by atoms with Crippen molar-refractivity contribution in [2.24, 2.45) is 35.0 Å². The molecule has 0 bridgehead atoms. The van der Waals surface area contributed by atoms with E-state index in [-0.39, 0.29) is 29.3 Å². The Labute approximate surface area is 218 Å². The number of hydrogen-bond acceptors (Lipinski definition) is 4. The first-order valence-corrected chi connectivity index (χ1v) is 14.4. The molecule has 4 aliphatic rings. The van der Waals surface area contributed by atoms with Crippen LogP contribution in [0, 0.1) is 35.0 Å². The van der Waals surface area contributed by atoms with Gasteiger partial charge in [0.25, 0.3) is 0 Å². The van der Waals surface area contributed by atoms with Gasteiger partial charge in [0.1, 0.15) is 6.10 Å². The topological polar surface area (TPSA) is 66.8 Å². The fourth-order valence-electron chi connectivity index (χ4n) is 8.06. The molecule has 3 saturated carbocycles. The smallest absolute Gasteiger partial charge is 0.334 e. The lowest BCUT2D eigenvalue weighted by molar-refractivity contribution is -0.140. The number of fused-ring (bicyclic) bond motifs is 1. The van der Waals surface area contributed by atoms with Crippen LogP contribution in [0.4, 0.5) is 0 Å². The molecule has 0 spiro atoms. The summed E-state index contributed by atoms with van der Waals surface area (Å²) in [7, 11) is 0. The molecule has 1 saturated heterocycles. The largest absolute Gasteiger partial charge is 0.458 e.